The molecule has 0 aliphatic carbocycles. The molecule has 0 heterocycles. The van der Waals surface area contributed by atoms with Crippen LogP contribution < -0.4 is 0 Å². The van der Waals surface area contributed by atoms with Crippen molar-refractivity contribution in [2.75, 3.05) is 27.2 Å². The van der Waals surface area contributed by atoms with E-state index in [1.54, 1.807) is 12.1 Å². The van der Waals surface area contributed by atoms with Crippen LogP contribution in [0.5, 0.6) is 0 Å². The van der Waals surface area contributed by atoms with Gasteiger partial charge in [-0.2, -0.15) is 25.7 Å². The summed E-state index contributed by atoms with van der Waals surface area (Å²) >= 11 is -5.01. The Morgan fingerprint density at radius 3 is 0.960 bits per heavy atom. The van der Waals surface area contributed by atoms with Crippen molar-refractivity contribution >= 4 is 53.4 Å². The van der Waals surface area contributed by atoms with Gasteiger partial charge in [-0.1, -0.05) is 84.9 Å². The number of benzene rings is 4. The maximum absolute atomic E-state index is 12.3. The van der Waals surface area contributed by atoms with Crippen molar-refractivity contribution in [3.05, 3.63) is 129 Å². The zero-order valence-corrected chi connectivity index (χ0v) is 29.2. The third-order valence-corrected chi connectivity index (χ3v) is 9.96. The van der Waals surface area contributed by atoms with E-state index in [9.17, 15) is 54.0 Å². The Labute approximate surface area is 291 Å². The van der Waals surface area contributed by atoms with Gasteiger partial charge in [-0.25, -0.2) is 0 Å². The second-order valence-electron chi connectivity index (χ2n) is 8.76. The van der Waals surface area contributed by atoms with Crippen LogP contribution >= 0.6 is 0 Å². The standard InChI is InChI=1S/C14H14N4O6S2.C10H8.2CH4N2O3S/c19-15-17(25(21,22)13-7-3-1-4-8-13)11-12-18(16-20)26(23,24)14-9-5-2-6-10-14;1-2-6-10-8-4-3-7-9(10)5-1;2*1-3(2-4)7(5)6/h1-10H,11-12H2;1-8H;2*1H3,(H,5,6)/p-2. The van der Waals surface area contributed by atoms with Gasteiger partial charge >= 0.3 is 0 Å². The van der Waals surface area contributed by atoms with Gasteiger partial charge in [-0.05, 0) is 35.0 Å². The van der Waals surface area contributed by atoms with Crippen molar-refractivity contribution in [1.82, 2.24) is 17.7 Å². The number of sulfonamides is 2. The summed E-state index contributed by atoms with van der Waals surface area (Å²) in [4.78, 5) is 40.0. The van der Waals surface area contributed by atoms with Gasteiger partial charge in [0.2, 0.25) is 0 Å². The molecule has 0 aliphatic heterocycles. The fourth-order valence-corrected chi connectivity index (χ4v) is 5.61. The molecule has 50 heavy (non-hydrogen) atoms. The lowest BCUT2D eigenvalue weighted by molar-refractivity contribution is 0.356. The zero-order chi connectivity index (χ0) is 37.7. The SMILES string of the molecule is CN(N=O)S(=O)[O-].CN(N=O)S(=O)[O-].O=NN(CCN(N=O)S(=O)(=O)c1ccccc1)S(=O)(=O)c1ccccc1.c1ccc2ccccc2c1. The van der Waals surface area contributed by atoms with Crippen LogP contribution in [0.1, 0.15) is 0 Å². The average molecular weight is 773 g/mol. The highest BCUT2D eigenvalue weighted by atomic mass is 32.2. The van der Waals surface area contributed by atoms with E-state index in [2.05, 4.69) is 69.7 Å². The van der Waals surface area contributed by atoms with Crippen LogP contribution in [0.2, 0.25) is 0 Å². The molecule has 2 unspecified atom stereocenters. The van der Waals surface area contributed by atoms with E-state index in [0.29, 0.717) is 0 Å². The normalized spacial score (nSPS) is 11.6. The van der Waals surface area contributed by atoms with Gasteiger partial charge in [0.05, 0.1) is 66.6 Å². The van der Waals surface area contributed by atoms with Crippen LogP contribution in [0, 0.1) is 19.6 Å². The number of hydrogen-bond acceptors (Lipinski definition) is 16. The third-order valence-electron chi connectivity index (χ3n) is 5.62. The molecule has 270 valence electrons. The first-order chi connectivity index (χ1) is 23.7. The van der Waals surface area contributed by atoms with Gasteiger partial charge in [-0.3, -0.25) is 8.42 Å². The summed E-state index contributed by atoms with van der Waals surface area (Å²) in [6, 6.07) is 30.7. The second kappa shape index (κ2) is 21.8. The van der Waals surface area contributed by atoms with Crippen molar-refractivity contribution < 1.29 is 34.4 Å². The zero-order valence-electron chi connectivity index (χ0n) is 25.9. The van der Waals surface area contributed by atoms with Gasteiger partial charge in [0.1, 0.15) is 0 Å². The molecular weight excluding hydrogens is 745 g/mol. The smallest absolute Gasteiger partial charge is 0.281 e. The fourth-order valence-electron chi connectivity index (χ4n) is 3.20. The molecule has 0 amide bonds. The van der Waals surface area contributed by atoms with E-state index < -0.39 is 55.7 Å². The van der Waals surface area contributed by atoms with Crippen LogP contribution in [0.25, 0.3) is 10.8 Å². The minimum absolute atomic E-state index is 0.168. The van der Waals surface area contributed by atoms with E-state index in [1.165, 1.54) is 59.3 Å². The minimum Gasteiger partial charge on any atom is -0.754 e. The van der Waals surface area contributed by atoms with Gasteiger partial charge in [0, 0.05) is 14.1 Å². The predicted octanol–water partition coefficient (Wildman–Crippen LogP) is 3.36. The maximum Gasteiger partial charge on any atom is 0.281 e. The van der Waals surface area contributed by atoms with Crippen molar-refractivity contribution in [3.8, 4) is 0 Å². The molecule has 0 aliphatic rings. The van der Waals surface area contributed by atoms with Gasteiger partial charge in [0.25, 0.3) is 20.0 Å². The van der Waals surface area contributed by atoms with E-state index in [0.717, 1.165) is 14.1 Å². The highest BCUT2D eigenvalue weighted by molar-refractivity contribution is 7.89. The molecule has 0 fully saturated rings. The summed E-state index contributed by atoms with van der Waals surface area (Å²) in [5, 5.41) is 11.6. The van der Waals surface area contributed by atoms with Crippen LogP contribution in [-0.4, -0.2) is 79.2 Å². The Morgan fingerprint density at radius 1 is 0.500 bits per heavy atom. The molecule has 0 saturated carbocycles. The quantitative estimate of drug-likeness (QED) is 0.107. The molecule has 0 aromatic heterocycles. The highest BCUT2D eigenvalue weighted by Gasteiger charge is 2.29. The topological polar surface area (TPSA) is 279 Å². The van der Waals surface area contributed by atoms with Gasteiger partial charge < -0.3 is 9.11 Å². The molecule has 20 nitrogen and oxygen atoms in total. The van der Waals surface area contributed by atoms with Crippen LogP contribution in [-0.2, 0) is 42.6 Å². The summed E-state index contributed by atoms with van der Waals surface area (Å²) in [5.74, 6) is 0. The Kier molecular flexibility index (Phi) is 18.7. The molecule has 4 rings (SSSR count). The molecule has 0 bridgehead atoms. The Morgan fingerprint density at radius 2 is 0.760 bits per heavy atom. The van der Waals surface area contributed by atoms with E-state index in [4.69, 9.17) is 0 Å². The number of nitrogens with zero attached hydrogens (tertiary/aromatic N) is 8. The minimum atomic E-state index is -4.28. The number of rotatable bonds is 13. The van der Waals surface area contributed by atoms with Crippen molar-refractivity contribution in [2.24, 2.45) is 21.1 Å². The number of nitroso groups, excluding NO2 is 4. The molecule has 0 spiro atoms. The molecular formula is C26H28N8O12S4-2. The largest absolute Gasteiger partial charge is 0.754 e. The van der Waals surface area contributed by atoms with Crippen LogP contribution in [0.4, 0.5) is 0 Å². The van der Waals surface area contributed by atoms with E-state index in [1.807, 2.05) is 0 Å². The summed E-state index contributed by atoms with van der Waals surface area (Å²) in [5.41, 5.74) is 0. The van der Waals surface area contributed by atoms with E-state index >= 15 is 0 Å². The van der Waals surface area contributed by atoms with Crippen LogP contribution in [0.3, 0.4) is 0 Å². The summed E-state index contributed by atoms with van der Waals surface area (Å²) in [6.45, 7) is -1.36. The number of fused-ring (bicyclic) bond motifs is 1. The third kappa shape index (κ3) is 13.8. The van der Waals surface area contributed by atoms with Crippen molar-refractivity contribution in [3.63, 3.8) is 0 Å². The van der Waals surface area contributed by atoms with Crippen molar-refractivity contribution in [2.45, 2.75) is 9.79 Å². The molecule has 24 heteroatoms. The van der Waals surface area contributed by atoms with E-state index in [-0.39, 0.29) is 27.4 Å². The Balaban J connectivity index is 0.000000420. The monoisotopic (exact) mass is 772 g/mol. The van der Waals surface area contributed by atoms with Crippen molar-refractivity contribution in [1.29, 1.82) is 0 Å². The molecule has 0 saturated heterocycles. The lowest BCUT2D eigenvalue weighted by Gasteiger charge is -2.19. The summed E-state index contributed by atoms with van der Waals surface area (Å²) in [6.07, 6.45) is 0. The lowest BCUT2D eigenvalue weighted by atomic mass is 10.1. The molecule has 4 aromatic rings. The van der Waals surface area contributed by atoms with Crippen LogP contribution in [0.15, 0.2) is 140 Å². The average Bonchev–Trinajstić information content (AvgIpc) is 3.14. The predicted molar refractivity (Wildman–Crippen MR) is 181 cm³/mol. The summed E-state index contributed by atoms with van der Waals surface area (Å²) in [7, 11) is -6.48. The lowest BCUT2D eigenvalue weighted by Crippen LogP contribution is -2.36. The second-order valence-corrected chi connectivity index (χ2v) is 14.4. The molecule has 2 atom stereocenters. The number of hydrogen-bond donors (Lipinski definition) is 0. The van der Waals surface area contributed by atoms with Gasteiger partial charge in [-0.15, -0.1) is 28.5 Å². The fraction of sp³-hybridized carbons (Fsp3) is 0.154. The maximum atomic E-state index is 12.3. The Hall–Kier alpha value is -5.14. The highest BCUT2D eigenvalue weighted by Crippen LogP contribution is 2.18. The van der Waals surface area contributed by atoms with Gasteiger partial charge in [0.15, 0.2) is 0 Å². The molecule has 4 aromatic carbocycles. The summed E-state index contributed by atoms with van der Waals surface area (Å²) < 4.78 is 88.5. The first-order valence-electron chi connectivity index (χ1n) is 13.3. The Bertz CT molecular complexity index is 1770. The first kappa shape index (κ1) is 42.9. The molecule has 0 radical (unpaired) electrons. The molecule has 0 N–H and O–H groups in total. The first-order valence-corrected chi connectivity index (χ1v) is 18.2.